The summed E-state index contributed by atoms with van der Waals surface area (Å²) in [4.78, 5) is 4.62. The van der Waals surface area contributed by atoms with Gasteiger partial charge in [-0.05, 0) is 37.0 Å². The number of benzene rings is 1. The van der Waals surface area contributed by atoms with Gasteiger partial charge in [-0.3, -0.25) is 0 Å². The van der Waals surface area contributed by atoms with Crippen molar-refractivity contribution in [3.8, 4) is 11.5 Å². The van der Waals surface area contributed by atoms with Gasteiger partial charge in [-0.25, -0.2) is 5.90 Å². The lowest BCUT2D eigenvalue weighted by Gasteiger charge is -2.21. The Balaban J connectivity index is 1.85. The van der Waals surface area contributed by atoms with E-state index in [1.54, 1.807) is 0 Å². The van der Waals surface area contributed by atoms with Crippen LogP contribution in [0, 0.1) is 0 Å². The summed E-state index contributed by atoms with van der Waals surface area (Å²) in [6.45, 7) is 0.489. The van der Waals surface area contributed by atoms with Gasteiger partial charge in [0.05, 0.1) is 6.61 Å². The van der Waals surface area contributed by atoms with E-state index in [2.05, 4.69) is 20.8 Å². The summed E-state index contributed by atoms with van der Waals surface area (Å²) < 4.78 is 13.0. The van der Waals surface area contributed by atoms with E-state index in [1.165, 1.54) is 12.8 Å². The van der Waals surface area contributed by atoms with Crippen LogP contribution in [-0.2, 0) is 11.3 Å². The number of hydrogen-bond acceptors (Lipinski definition) is 4. The molecule has 0 radical (unpaired) electrons. The fourth-order valence-corrected chi connectivity index (χ4v) is 3.16. The smallest absolute Gasteiger partial charge is 0.251 e. The molecular weight excluding hydrogens is 298 g/mol. The third-order valence-corrected chi connectivity index (χ3v) is 4.30. The van der Waals surface area contributed by atoms with Gasteiger partial charge in [0.25, 0.3) is 5.79 Å². The molecular formula is C13H16BrNO3. The molecule has 1 aromatic carbocycles. The van der Waals surface area contributed by atoms with Crippen LogP contribution in [-0.4, -0.2) is 12.4 Å². The highest BCUT2D eigenvalue weighted by Crippen LogP contribution is 2.48. The van der Waals surface area contributed by atoms with Crippen molar-refractivity contribution in [2.45, 2.75) is 37.9 Å². The number of nitrogens with two attached hydrogens (primary N) is 1. The van der Waals surface area contributed by atoms with Gasteiger partial charge in [-0.15, -0.1) is 0 Å². The summed E-state index contributed by atoms with van der Waals surface area (Å²) in [5.74, 6) is 6.34. The molecule has 1 fully saturated rings. The van der Waals surface area contributed by atoms with Gasteiger partial charge in [0, 0.05) is 17.3 Å². The molecule has 98 valence electrons. The summed E-state index contributed by atoms with van der Waals surface area (Å²) >= 11 is 3.55. The topological polar surface area (TPSA) is 53.7 Å². The fraction of sp³-hybridized carbons (Fsp3) is 0.538. The predicted molar refractivity (Wildman–Crippen MR) is 70.4 cm³/mol. The first-order valence-electron chi connectivity index (χ1n) is 6.25. The van der Waals surface area contributed by atoms with E-state index in [4.69, 9.17) is 15.4 Å². The van der Waals surface area contributed by atoms with Crippen LogP contribution in [0.2, 0.25) is 0 Å². The Morgan fingerprint density at radius 1 is 1.22 bits per heavy atom. The summed E-state index contributed by atoms with van der Waals surface area (Å²) in [7, 11) is 0. The minimum absolute atomic E-state index is 0.398. The maximum absolute atomic E-state index is 6.02. The van der Waals surface area contributed by atoms with Crippen LogP contribution in [0.1, 0.15) is 31.2 Å². The van der Waals surface area contributed by atoms with Crippen molar-refractivity contribution in [1.82, 2.24) is 0 Å². The lowest BCUT2D eigenvalue weighted by atomic mass is 10.1. The zero-order valence-corrected chi connectivity index (χ0v) is 11.7. The quantitative estimate of drug-likeness (QED) is 0.872. The molecule has 1 saturated carbocycles. The minimum Gasteiger partial charge on any atom is -0.448 e. The molecule has 2 aliphatic rings. The molecule has 3 rings (SSSR count). The Hall–Kier alpha value is -0.780. The predicted octanol–water partition coefficient (Wildman–Crippen LogP) is 2.92. The van der Waals surface area contributed by atoms with Crippen LogP contribution in [0.25, 0.3) is 0 Å². The van der Waals surface area contributed by atoms with Gasteiger partial charge >= 0.3 is 0 Å². The summed E-state index contributed by atoms with van der Waals surface area (Å²) in [5, 5.41) is 0. The maximum atomic E-state index is 6.02. The van der Waals surface area contributed by atoms with E-state index < -0.39 is 5.79 Å². The number of ether oxygens (including phenoxy) is 2. The van der Waals surface area contributed by atoms with Crippen molar-refractivity contribution < 1.29 is 14.3 Å². The van der Waals surface area contributed by atoms with Crippen molar-refractivity contribution in [1.29, 1.82) is 0 Å². The average molecular weight is 314 g/mol. The highest BCUT2D eigenvalue weighted by molar-refractivity contribution is 9.10. The van der Waals surface area contributed by atoms with Crippen molar-refractivity contribution in [2.75, 3.05) is 6.61 Å². The molecule has 0 unspecified atom stereocenters. The van der Waals surface area contributed by atoms with Crippen LogP contribution in [0.3, 0.4) is 0 Å². The molecule has 18 heavy (non-hydrogen) atoms. The molecule has 2 N–H and O–H groups in total. The Labute approximate surface area is 114 Å². The van der Waals surface area contributed by atoms with Crippen LogP contribution >= 0.6 is 15.9 Å². The Morgan fingerprint density at radius 3 is 2.56 bits per heavy atom. The lowest BCUT2D eigenvalue weighted by molar-refractivity contribution is -0.0716. The number of fused-ring (bicyclic) bond motifs is 1. The molecule has 5 heteroatoms. The van der Waals surface area contributed by atoms with E-state index in [0.717, 1.165) is 40.8 Å². The zero-order valence-electron chi connectivity index (χ0n) is 10.1. The fourth-order valence-electron chi connectivity index (χ4n) is 2.64. The molecule has 1 heterocycles. The zero-order chi connectivity index (χ0) is 12.6. The highest BCUT2D eigenvalue weighted by atomic mass is 79.9. The second-order valence-electron chi connectivity index (χ2n) is 4.83. The third kappa shape index (κ3) is 2.11. The molecule has 1 aromatic rings. The second kappa shape index (κ2) is 4.72. The maximum Gasteiger partial charge on any atom is 0.251 e. The average Bonchev–Trinajstić information content (AvgIpc) is 2.93. The van der Waals surface area contributed by atoms with Gasteiger partial charge in [0.2, 0.25) is 0 Å². The number of halogens is 1. The van der Waals surface area contributed by atoms with Gasteiger partial charge in [0.15, 0.2) is 11.5 Å². The van der Waals surface area contributed by atoms with Gasteiger partial charge in [-0.2, -0.15) is 0 Å². The Morgan fingerprint density at radius 2 is 1.89 bits per heavy atom. The van der Waals surface area contributed by atoms with E-state index in [1.807, 2.05) is 12.1 Å². The van der Waals surface area contributed by atoms with Gasteiger partial charge < -0.3 is 14.3 Å². The molecule has 0 aromatic heterocycles. The highest BCUT2D eigenvalue weighted by Gasteiger charge is 2.44. The first kappa shape index (κ1) is 12.3. The van der Waals surface area contributed by atoms with Crippen molar-refractivity contribution >= 4 is 15.9 Å². The first-order chi connectivity index (χ1) is 8.72. The normalized spacial score (nSPS) is 19.7. The monoisotopic (exact) mass is 313 g/mol. The number of rotatable bonds is 3. The molecule has 0 amide bonds. The van der Waals surface area contributed by atoms with E-state index in [-0.39, 0.29) is 0 Å². The molecule has 1 spiro atoms. The summed E-state index contributed by atoms with van der Waals surface area (Å²) in [6.07, 6.45) is 5.04. The largest absolute Gasteiger partial charge is 0.448 e. The molecule has 0 bridgehead atoms. The molecule has 1 aliphatic heterocycles. The van der Waals surface area contributed by atoms with E-state index >= 15 is 0 Å². The second-order valence-corrected chi connectivity index (χ2v) is 5.69. The number of hydrogen-bond donors (Lipinski definition) is 1. The van der Waals surface area contributed by atoms with Gasteiger partial charge in [0.1, 0.15) is 0 Å². The summed E-state index contributed by atoms with van der Waals surface area (Å²) in [6, 6.07) is 4.00. The lowest BCUT2D eigenvalue weighted by Crippen LogP contribution is -2.34. The first-order valence-corrected chi connectivity index (χ1v) is 7.04. The molecule has 1 aliphatic carbocycles. The third-order valence-electron chi connectivity index (χ3n) is 3.56. The van der Waals surface area contributed by atoms with Crippen molar-refractivity contribution in [3.63, 3.8) is 0 Å². The molecule has 0 saturated heterocycles. The molecule has 4 nitrogen and oxygen atoms in total. The van der Waals surface area contributed by atoms with Crippen LogP contribution in [0.5, 0.6) is 11.5 Å². The standard InChI is InChI=1S/C13H16BrNO3/c14-10-8-12-11(7-9(10)3-6-16-15)17-13(18-12)4-1-2-5-13/h7-8H,1-6,15H2. The Kier molecular flexibility index (Phi) is 3.21. The van der Waals surface area contributed by atoms with Crippen molar-refractivity contribution in [2.24, 2.45) is 5.90 Å². The SMILES string of the molecule is NOCCc1cc2c(cc1Br)OC1(CCCC1)O2. The van der Waals surface area contributed by atoms with E-state index in [9.17, 15) is 0 Å². The van der Waals surface area contributed by atoms with E-state index in [0.29, 0.717) is 6.61 Å². The Bertz CT molecular complexity index is 458. The molecule has 0 atom stereocenters. The van der Waals surface area contributed by atoms with Crippen LogP contribution in [0.4, 0.5) is 0 Å². The van der Waals surface area contributed by atoms with Gasteiger partial charge in [-0.1, -0.05) is 15.9 Å². The van der Waals surface area contributed by atoms with Crippen LogP contribution < -0.4 is 15.4 Å². The minimum atomic E-state index is -0.398. The van der Waals surface area contributed by atoms with Crippen molar-refractivity contribution in [3.05, 3.63) is 22.2 Å². The van der Waals surface area contributed by atoms with Crippen LogP contribution in [0.15, 0.2) is 16.6 Å². The summed E-state index contributed by atoms with van der Waals surface area (Å²) in [5.41, 5.74) is 1.12.